The van der Waals surface area contributed by atoms with Gasteiger partial charge in [-0.2, -0.15) is 0 Å². The van der Waals surface area contributed by atoms with Gasteiger partial charge in [0.05, 0.1) is 13.2 Å². The lowest BCUT2D eigenvalue weighted by atomic mass is 10.1. The van der Waals surface area contributed by atoms with Gasteiger partial charge in [0.15, 0.2) is 0 Å². The highest BCUT2D eigenvalue weighted by atomic mass is 35.5. The van der Waals surface area contributed by atoms with E-state index in [4.69, 9.17) is 16.3 Å². The highest BCUT2D eigenvalue weighted by Crippen LogP contribution is 2.16. The molecule has 4 heteroatoms. The van der Waals surface area contributed by atoms with Gasteiger partial charge in [0.25, 0.3) is 0 Å². The minimum absolute atomic E-state index is 0.297. The van der Waals surface area contributed by atoms with Crippen LogP contribution in [0.15, 0.2) is 18.2 Å². The van der Waals surface area contributed by atoms with Crippen molar-refractivity contribution >= 4 is 11.6 Å². The molecule has 0 saturated carbocycles. The number of halogens is 2. The van der Waals surface area contributed by atoms with Crippen molar-refractivity contribution in [1.82, 2.24) is 5.32 Å². The van der Waals surface area contributed by atoms with Crippen molar-refractivity contribution < 1.29 is 9.13 Å². The van der Waals surface area contributed by atoms with Crippen molar-refractivity contribution in [2.24, 2.45) is 0 Å². The lowest BCUT2D eigenvalue weighted by molar-refractivity contribution is 0.0893. The van der Waals surface area contributed by atoms with Crippen LogP contribution >= 0.6 is 11.6 Å². The average molecular weight is 258 g/mol. The molecule has 17 heavy (non-hydrogen) atoms. The summed E-state index contributed by atoms with van der Waals surface area (Å²) in [5, 5.41) is 3.81. The maximum absolute atomic E-state index is 13.4. The highest BCUT2D eigenvalue weighted by molar-refractivity contribution is 6.30. The molecule has 1 atom stereocenters. The summed E-state index contributed by atoms with van der Waals surface area (Å²) in [6, 6.07) is 5.09. The second-order valence-corrected chi connectivity index (χ2v) is 4.83. The number of nitrogens with one attached hydrogen (secondary N) is 1. The van der Waals surface area contributed by atoms with Crippen LogP contribution < -0.4 is 5.32 Å². The van der Waals surface area contributed by atoms with Gasteiger partial charge in [-0.3, -0.25) is 0 Å². The zero-order valence-corrected chi connectivity index (χ0v) is 10.5. The molecular weight excluding hydrogens is 241 g/mol. The molecule has 0 amide bonds. The van der Waals surface area contributed by atoms with Gasteiger partial charge >= 0.3 is 0 Å². The van der Waals surface area contributed by atoms with Crippen LogP contribution in [-0.2, 0) is 11.3 Å². The SMILES string of the molecule is Fc1cc(Cl)ccc1COCC1CCCCN1. The Morgan fingerprint density at radius 1 is 1.41 bits per heavy atom. The first-order valence-electron chi connectivity index (χ1n) is 6.01. The molecule has 1 aliphatic heterocycles. The molecule has 0 aliphatic carbocycles. The van der Waals surface area contributed by atoms with Crippen molar-refractivity contribution in [1.29, 1.82) is 0 Å². The van der Waals surface area contributed by atoms with Crippen molar-refractivity contribution in [2.75, 3.05) is 13.2 Å². The maximum atomic E-state index is 13.4. The minimum atomic E-state index is -0.297. The smallest absolute Gasteiger partial charge is 0.130 e. The molecule has 2 rings (SSSR count). The fraction of sp³-hybridized carbons (Fsp3) is 0.538. The maximum Gasteiger partial charge on any atom is 0.130 e. The molecule has 1 aliphatic rings. The fourth-order valence-corrected chi connectivity index (χ4v) is 2.17. The first-order chi connectivity index (χ1) is 8.25. The van der Waals surface area contributed by atoms with Crippen molar-refractivity contribution in [3.8, 4) is 0 Å². The van der Waals surface area contributed by atoms with Crippen LogP contribution in [0.1, 0.15) is 24.8 Å². The minimum Gasteiger partial charge on any atom is -0.375 e. The third-order valence-electron chi connectivity index (χ3n) is 3.00. The van der Waals surface area contributed by atoms with Gasteiger partial charge in [-0.25, -0.2) is 4.39 Å². The third-order valence-corrected chi connectivity index (χ3v) is 3.24. The molecule has 1 fully saturated rings. The molecular formula is C13H17ClFNO. The number of hydrogen-bond acceptors (Lipinski definition) is 2. The number of rotatable bonds is 4. The molecule has 0 aromatic heterocycles. The Morgan fingerprint density at radius 3 is 3.00 bits per heavy atom. The molecule has 1 saturated heterocycles. The van der Waals surface area contributed by atoms with Crippen LogP contribution in [0.3, 0.4) is 0 Å². The fourth-order valence-electron chi connectivity index (χ4n) is 2.02. The average Bonchev–Trinajstić information content (AvgIpc) is 2.33. The molecule has 0 spiro atoms. The molecule has 1 aromatic carbocycles. The zero-order chi connectivity index (χ0) is 12.1. The van der Waals surface area contributed by atoms with Crippen LogP contribution in [0.4, 0.5) is 4.39 Å². The van der Waals surface area contributed by atoms with Crippen LogP contribution in [0, 0.1) is 5.82 Å². The molecule has 2 nitrogen and oxygen atoms in total. The summed E-state index contributed by atoms with van der Waals surface area (Å²) < 4.78 is 19.0. The van der Waals surface area contributed by atoms with Gasteiger partial charge in [-0.15, -0.1) is 0 Å². The van der Waals surface area contributed by atoms with Crippen molar-refractivity contribution in [3.63, 3.8) is 0 Å². The quantitative estimate of drug-likeness (QED) is 0.895. The largest absolute Gasteiger partial charge is 0.375 e. The van der Waals surface area contributed by atoms with E-state index in [0.717, 1.165) is 13.0 Å². The molecule has 1 heterocycles. The molecule has 1 N–H and O–H groups in total. The van der Waals surface area contributed by atoms with E-state index in [1.165, 1.54) is 18.9 Å². The summed E-state index contributed by atoms with van der Waals surface area (Å²) >= 11 is 5.68. The van der Waals surface area contributed by atoms with Gasteiger partial charge in [-0.05, 0) is 31.5 Å². The Kier molecular flexibility index (Phi) is 4.77. The summed E-state index contributed by atoms with van der Waals surface area (Å²) in [5.41, 5.74) is 0.560. The van der Waals surface area contributed by atoms with Crippen LogP contribution in [0.25, 0.3) is 0 Å². The third kappa shape index (κ3) is 3.95. The van der Waals surface area contributed by atoms with Gasteiger partial charge < -0.3 is 10.1 Å². The van der Waals surface area contributed by atoms with E-state index in [-0.39, 0.29) is 5.82 Å². The van der Waals surface area contributed by atoms with E-state index < -0.39 is 0 Å². The Bertz CT molecular complexity index is 366. The van der Waals surface area contributed by atoms with E-state index >= 15 is 0 Å². The van der Waals surface area contributed by atoms with Gasteiger partial charge in [0, 0.05) is 16.6 Å². The first kappa shape index (κ1) is 12.8. The van der Waals surface area contributed by atoms with E-state index in [1.807, 2.05) is 0 Å². The summed E-state index contributed by atoms with van der Waals surface area (Å²) in [7, 11) is 0. The summed E-state index contributed by atoms with van der Waals surface area (Å²) in [5.74, 6) is -0.297. The lowest BCUT2D eigenvalue weighted by Crippen LogP contribution is -2.37. The Morgan fingerprint density at radius 2 is 2.29 bits per heavy atom. The van der Waals surface area contributed by atoms with Gasteiger partial charge in [-0.1, -0.05) is 24.1 Å². The Labute approximate surface area is 106 Å². The number of benzene rings is 1. The lowest BCUT2D eigenvalue weighted by Gasteiger charge is -2.23. The van der Waals surface area contributed by atoms with Gasteiger partial charge in [0.2, 0.25) is 0 Å². The standard InChI is InChI=1S/C13H17ClFNO/c14-11-5-4-10(13(15)7-11)8-17-9-12-3-1-2-6-16-12/h4-5,7,12,16H,1-3,6,8-9H2. The van der Waals surface area contributed by atoms with Crippen molar-refractivity contribution in [2.45, 2.75) is 31.9 Å². The Hall–Kier alpha value is -0.640. The predicted molar refractivity (Wildman–Crippen MR) is 66.7 cm³/mol. The van der Waals surface area contributed by atoms with Crippen LogP contribution in [0.2, 0.25) is 5.02 Å². The number of ether oxygens (including phenoxy) is 1. The normalized spacial score (nSPS) is 20.5. The van der Waals surface area contributed by atoms with E-state index in [9.17, 15) is 4.39 Å². The summed E-state index contributed by atoms with van der Waals surface area (Å²) in [6.45, 7) is 2.01. The summed E-state index contributed by atoms with van der Waals surface area (Å²) in [6.07, 6.45) is 3.63. The first-order valence-corrected chi connectivity index (χ1v) is 6.38. The predicted octanol–water partition coefficient (Wildman–Crippen LogP) is 3.14. The molecule has 94 valence electrons. The molecule has 1 unspecified atom stereocenters. The van der Waals surface area contributed by atoms with E-state index in [2.05, 4.69) is 5.32 Å². The van der Waals surface area contributed by atoms with Crippen LogP contribution in [-0.4, -0.2) is 19.2 Å². The van der Waals surface area contributed by atoms with E-state index in [0.29, 0.717) is 29.8 Å². The molecule has 1 aromatic rings. The van der Waals surface area contributed by atoms with Gasteiger partial charge in [0.1, 0.15) is 5.82 Å². The Balaban J connectivity index is 1.77. The highest BCUT2D eigenvalue weighted by Gasteiger charge is 2.12. The van der Waals surface area contributed by atoms with Crippen molar-refractivity contribution in [3.05, 3.63) is 34.6 Å². The monoisotopic (exact) mass is 257 g/mol. The zero-order valence-electron chi connectivity index (χ0n) is 9.72. The second-order valence-electron chi connectivity index (χ2n) is 4.40. The summed E-state index contributed by atoms with van der Waals surface area (Å²) in [4.78, 5) is 0. The number of hydrogen-bond donors (Lipinski definition) is 1. The topological polar surface area (TPSA) is 21.3 Å². The van der Waals surface area contributed by atoms with Crippen LogP contribution in [0.5, 0.6) is 0 Å². The molecule has 0 bridgehead atoms. The van der Waals surface area contributed by atoms with E-state index in [1.54, 1.807) is 12.1 Å². The molecule has 0 radical (unpaired) electrons. The second kappa shape index (κ2) is 6.34. The number of piperidine rings is 1.